The van der Waals surface area contributed by atoms with Crippen LogP contribution >= 0.6 is 0 Å². The molecule has 2 nitrogen and oxygen atoms in total. The van der Waals surface area contributed by atoms with Gasteiger partial charge >= 0.3 is 0 Å². The van der Waals surface area contributed by atoms with Crippen LogP contribution in [0.3, 0.4) is 0 Å². The molecule has 1 atom stereocenters. The highest BCUT2D eigenvalue weighted by molar-refractivity contribution is 4.93. The van der Waals surface area contributed by atoms with Gasteiger partial charge in [0.25, 0.3) is 0 Å². The first-order valence-electron chi connectivity index (χ1n) is 6.07. The van der Waals surface area contributed by atoms with Gasteiger partial charge < -0.3 is 0 Å². The van der Waals surface area contributed by atoms with Crippen molar-refractivity contribution in [1.29, 1.82) is 0 Å². The van der Waals surface area contributed by atoms with Crippen LogP contribution in [0.4, 0.5) is 0 Å². The van der Waals surface area contributed by atoms with Crippen molar-refractivity contribution in [2.24, 2.45) is 23.1 Å². The molecule has 0 aliphatic heterocycles. The quantitative estimate of drug-likeness (QED) is 0.427. The first-order chi connectivity index (χ1) is 6.99. The van der Waals surface area contributed by atoms with E-state index < -0.39 is 0 Å². The molecule has 3 N–H and O–H groups in total. The van der Waals surface area contributed by atoms with Crippen molar-refractivity contribution in [1.82, 2.24) is 5.43 Å². The second-order valence-electron chi connectivity index (χ2n) is 5.91. The zero-order chi connectivity index (χ0) is 11.5. The number of nitrogens with one attached hydrogen (secondary N) is 1. The molecule has 0 heterocycles. The van der Waals surface area contributed by atoms with E-state index in [-0.39, 0.29) is 0 Å². The molecule has 0 aromatic rings. The van der Waals surface area contributed by atoms with Crippen LogP contribution in [0.1, 0.15) is 46.5 Å². The highest BCUT2D eigenvalue weighted by Gasteiger charge is 2.31. The minimum atomic E-state index is 0.297. The molecule has 0 amide bonds. The van der Waals surface area contributed by atoms with E-state index in [0.717, 1.165) is 5.92 Å². The summed E-state index contributed by atoms with van der Waals surface area (Å²) in [6.07, 6.45) is 7.17. The van der Waals surface area contributed by atoms with Crippen molar-refractivity contribution in [3.63, 3.8) is 0 Å². The van der Waals surface area contributed by atoms with E-state index >= 15 is 0 Å². The van der Waals surface area contributed by atoms with Crippen molar-refractivity contribution in [3.8, 4) is 0 Å². The Labute approximate surface area is 94.3 Å². The van der Waals surface area contributed by atoms with Gasteiger partial charge in [-0.25, -0.2) is 0 Å². The minimum Gasteiger partial charge on any atom is -0.271 e. The number of hydrogen-bond donors (Lipinski definition) is 2. The lowest BCUT2D eigenvalue weighted by atomic mass is 9.68. The van der Waals surface area contributed by atoms with Gasteiger partial charge in [0.2, 0.25) is 0 Å². The molecule has 15 heavy (non-hydrogen) atoms. The predicted molar refractivity (Wildman–Crippen MR) is 66.2 cm³/mol. The lowest BCUT2D eigenvalue weighted by Gasteiger charge is -2.38. The molecule has 0 aromatic carbocycles. The summed E-state index contributed by atoms with van der Waals surface area (Å²) in [6, 6.07) is 0.297. The Morgan fingerprint density at radius 2 is 1.80 bits per heavy atom. The molecular formula is C13H26N2. The minimum absolute atomic E-state index is 0.297. The van der Waals surface area contributed by atoms with Crippen molar-refractivity contribution in [2.75, 3.05) is 0 Å². The molecule has 1 saturated carbocycles. The Balaban J connectivity index is 2.45. The smallest absolute Gasteiger partial charge is 0.0416 e. The molecule has 88 valence electrons. The third-order valence-electron chi connectivity index (χ3n) is 3.95. The second kappa shape index (κ2) is 5.13. The van der Waals surface area contributed by atoms with Crippen molar-refractivity contribution < 1.29 is 0 Å². The maximum atomic E-state index is 5.51. The van der Waals surface area contributed by atoms with Gasteiger partial charge in [0, 0.05) is 6.04 Å². The van der Waals surface area contributed by atoms with Gasteiger partial charge in [0.1, 0.15) is 0 Å². The Morgan fingerprint density at radius 3 is 2.13 bits per heavy atom. The molecule has 1 aliphatic rings. The molecule has 0 bridgehead atoms. The lowest BCUT2D eigenvalue weighted by molar-refractivity contribution is 0.140. The summed E-state index contributed by atoms with van der Waals surface area (Å²) in [7, 11) is 0. The van der Waals surface area contributed by atoms with Gasteiger partial charge in [0.05, 0.1) is 0 Å². The van der Waals surface area contributed by atoms with Crippen molar-refractivity contribution in [3.05, 3.63) is 12.7 Å². The highest BCUT2D eigenvalue weighted by atomic mass is 15.2. The van der Waals surface area contributed by atoms with Crippen molar-refractivity contribution >= 4 is 0 Å². The molecule has 0 aromatic heterocycles. The van der Waals surface area contributed by atoms with Gasteiger partial charge in [-0.2, -0.15) is 0 Å². The largest absolute Gasteiger partial charge is 0.271 e. The monoisotopic (exact) mass is 210 g/mol. The van der Waals surface area contributed by atoms with Crippen LogP contribution < -0.4 is 11.3 Å². The molecular weight excluding hydrogens is 184 g/mol. The van der Waals surface area contributed by atoms with Crippen LogP contribution in [-0.4, -0.2) is 6.04 Å². The molecule has 1 fully saturated rings. The zero-order valence-corrected chi connectivity index (χ0v) is 10.4. The van der Waals surface area contributed by atoms with Gasteiger partial charge in [-0.05, 0) is 42.9 Å². The summed E-state index contributed by atoms with van der Waals surface area (Å²) in [5.41, 5.74) is 3.32. The van der Waals surface area contributed by atoms with Crippen LogP contribution in [0.2, 0.25) is 0 Å². The number of nitrogens with two attached hydrogens (primary N) is 1. The second-order valence-corrected chi connectivity index (χ2v) is 5.91. The predicted octanol–water partition coefficient (Wildman–Crippen LogP) is 2.86. The van der Waals surface area contributed by atoms with Gasteiger partial charge in [0.15, 0.2) is 0 Å². The molecule has 1 unspecified atom stereocenters. The standard InChI is InChI=1S/C13H26N2/c1-5-12(15-14)10-6-8-11(9-7-10)13(2,3)4/h5,10-12,15H,1,6-9,14H2,2-4H3. The topological polar surface area (TPSA) is 38.0 Å². The van der Waals surface area contributed by atoms with E-state index in [1.54, 1.807) is 0 Å². The van der Waals surface area contributed by atoms with Crippen LogP contribution in [0.5, 0.6) is 0 Å². The summed E-state index contributed by atoms with van der Waals surface area (Å²) in [4.78, 5) is 0. The third-order valence-corrected chi connectivity index (χ3v) is 3.95. The SMILES string of the molecule is C=CC(NN)C1CCC(C(C)(C)C)CC1. The maximum absolute atomic E-state index is 5.51. The maximum Gasteiger partial charge on any atom is 0.0416 e. The van der Waals surface area contributed by atoms with E-state index in [1.165, 1.54) is 25.7 Å². The van der Waals surface area contributed by atoms with Crippen molar-refractivity contribution in [2.45, 2.75) is 52.5 Å². The van der Waals surface area contributed by atoms with Crippen LogP contribution in [0, 0.1) is 17.3 Å². The fraction of sp³-hybridized carbons (Fsp3) is 0.846. The first kappa shape index (κ1) is 12.7. The Bertz CT molecular complexity index is 197. The van der Waals surface area contributed by atoms with E-state index in [0.29, 0.717) is 17.4 Å². The fourth-order valence-electron chi connectivity index (χ4n) is 2.74. The fourth-order valence-corrected chi connectivity index (χ4v) is 2.74. The lowest BCUT2D eigenvalue weighted by Crippen LogP contribution is -2.41. The van der Waals surface area contributed by atoms with E-state index in [4.69, 9.17) is 5.84 Å². The first-order valence-corrected chi connectivity index (χ1v) is 6.07. The van der Waals surface area contributed by atoms with E-state index in [9.17, 15) is 0 Å². The molecule has 0 spiro atoms. The molecule has 0 radical (unpaired) electrons. The number of hydrogen-bond acceptors (Lipinski definition) is 2. The van der Waals surface area contributed by atoms with Crippen LogP contribution in [0.25, 0.3) is 0 Å². The third kappa shape index (κ3) is 3.32. The zero-order valence-electron chi connectivity index (χ0n) is 10.4. The van der Waals surface area contributed by atoms with Crippen LogP contribution in [0.15, 0.2) is 12.7 Å². The van der Waals surface area contributed by atoms with E-state index in [1.807, 2.05) is 6.08 Å². The summed E-state index contributed by atoms with van der Waals surface area (Å²) < 4.78 is 0. The number of hydrazine groups is 1. The normalized spacial score (nSPS) is 29.9. The van der Waals surface area contributed by atoms with Gasteiger partial charge in [-0.3, -0.25) is 11.3 Å². The van der Waals surface area contributed by atoms with E-state index in [2.05, 4.69) is 32.8 Å². The molecule has 0 saturated heterocycles. The Hall–Kier alpha value is -0.340. The van der Waals surface area contributed by atoms with Gasteiger partial charge in [-0.15, -0.1) is 6.58 Å². The van der Waals surface area contributed by atoms with Crippen LogP contribution in [-0.2, 0) is 0 Å². The summed E-state index contributed by atoms with van der Waals surface area (Å²) in [6.45, 7) is 10.9. The average Bonchev–Trinajstić information content (AvgIpc) is 2.19. The van der Waals surface area contributed by atoms with Gasteiger partial charge in [-0.1, -0.05) is 26.8 Å². The summed E-state index contributed by atoms with van der Waals surface area (Å²) in [5.74, 6) is 7.07. The molecule has 1 aliphatic carbocycles. The molecule has 1 rings (SSSR count). The summed E-state index contributed by atoms with van der Waals surface area (Å²) in [5, 5.41) is 0. The average molecular weight is 210 g/mol. The Kier molecular flexibility index (Phi) is 4.35. The summed E-state index contributed by atoms with van der Waals surface area (Å²) >= 11 is 0. The Morgan fingerprint density at radius 1 is 1.27 bits per heavy atom. The molecule has 2 heteroatoms. The highest BCUT2D eigenvalue weighted by Crippen LogP contribution is 2.40. The number of rotatable bonds is 3.